The lowest BCUT2D eigenvalue weighted by atomic mass is 9.93. The molecule has 1 heterocycles. The van der Waals surface area contributed by atoms with Gasteiger partial charge in [0.25, 0.3) is 5.78 Å². The average Bonchev–Trinajstić information content (AvgIpc) is 3.64. The van der Waals surface area contributed by atoms with Gasteiger partial charge >= 0.3 is 12.1 Å². The van der Waals surface area contributed by atoms with Crippen LogP contribution in [0.3, 0.4) is 0 Å². The fourth-order valence-corrected chi connectivity index (χ4v) is 6.90. The number of Topliss-reactive ketones (excluding diaryl/α,β-unsaturated/α-hetero) is 1. The molecule has 40 heavy (non-hydrogen) atoms. The number of carboxylic acids is 1. The monoisotopic (exact) mass is 553 g/mol. The third-order valence-corrected chi connectivity index (χ3v) is 9.31. The number of hydrogen-bond acceptors (Lipinski definition) is 6. The number of benzene rings is 1. The second-order valence-corrected chi connectivity index (χ2v) is 12.8. The number of alkyl carbamates (subject to hydrolysis) is 1. The summed E-state index contributed by atoms with van der Waals surface area (Å²) in [4.78, 5) is 66.2. The zero-order valence-corrected chi connectivity index (χ0v) is 23.5. The number of carbonyl (C=O) groups is 5. The summed E-state index contributed by atoms with van der Waals surface area (Å²) in [5, 5.41) is 14.9. The molecule has 1 aromatic carbocycles. The molecule has 5 unspecified atom stereocenters. The Morgan fingerprint density at radius 1 is 1.05 bits per heavy atom. The summed E-state index contributed by atoms with van der Waals surface area (Å²) < 4.78 is 5.32. The third kappa shape index (κ3) is 5.45. The fourth-order valence-electron chi connectivity index (χ4n) is 6.90. The Balaban J connectivity index is 1.39. The molecule has 0 aromatic heterocycles. The first kappa shape index (κ1) is 28.1. The summed E-state index contributed by atoms with van der Waals surface area (Å²) in [5.41, 5.74) is 2.07. The van der Waals surface area contributed by atoms with E-state index in [4.69, 9.17) is 4.74 Å². The Labute approximate surface area is 234 Å². The minimum absolute atomic E-state index is 0.0910. The Kier molecular flexibility index (Phi) is 7.39. The first-order valence-electron chi connectivity index (χ1n) is 14.3. The van der Waals surface area contributed by atoms with Crippen LogP contribution >= 0.6 is 0 Å². The van der Waals surface area contributed by atoms with E-state index in [0.717, 1.165) is 24.0 Å². The van der Waals surface area contributed by atoms with Crippen LogP contribution in [-0.2, 0) is 36.8 Å². The van der Waals surface area contributed by atoms with Crippen LogP contribution in [0.1, 0.15) is 58.1 Å². The molecule has 3 aliphatic carbocycles. The zero-order valence-electron chi connectivity index (χ0n) is 23.5. The van der Waals surface area contributed by atoms with Gasteiger partial charge in [0.15, 0.2) is 0 Å². The summed E-state index contributed by atoms with van der Waals surface area (Å²) in [6, 6.07) is 5.05. The predicted octanol–water partition coefficient (Wildman–Crippen LogP) is 2.33. The van der Waals surface area contributed by atoms with Crippen molar-refractivity contribution in [2.24, 2.45) is 29.1 Å². The van der Waals surface area contributed by atoms with E-state index in [2.05, 4.69) is 24.5 Å². The molecule has 10 heteroatoms. The number of aliphatic carboxylic acids is 1. The van der Waals surface area contributed by atoms with Crippen LogP contribution in [-0.4, -0.2) is 70.4 Å². The van der Waals surface area contributed by atoms with Gasteiger partial charge in [-0.1, -0.05) is 51.0 Å². The van der Waals surface area contributed by atoms with E-state index in [1.165, 1.54) is 0 Å². The van der Waals surface area contributed by atoms with Gasteiger partial charge in [0, 0.05) is 6.54 Å². The molecule has 5 rings (SSSR count). The van der Waals surface area contributed by atoms with Gasteiger partial charge in [-0.05, 0) is 73.3 Å². The first-order valence-corrected chi connectivity index (χ1v) is 14.3. The lowest BCUT2D eigenvalue weighted by Gasteiger charge is -2.35. The first-order chi connectivity index (χ1) is 18.9. The Morgan fingerprint density at radius 2 is 1.68 bits per heavy atom. The maximum Gasteiger partial charge on any atom is 0.408 e. The number of carbonyl (C=O) groups excluding carboxylic acids is 4. The van der Waals surface area contributed by atoms with Gasteiger partial charge in [-0.25, -0.2) is 9.59 Å². The van der Waals surface area contributed by atoms with Crippen molar-refractivity contribution in [3.63, 3.8) is 0 Å². The number of carboxylic acid groups (broad SMARTS) is 1. The highest BCUT2D eigenvalue weighted by molar-refractivity contribution is 6.35. The average molecular weight is 554 g/mol. The van der Waals surface area contributed by atoms with Crippen molar-refractivity contribution in [1.29, 1.82) is 0 Å². The van der Waals surface area contributed by atoms with E-state index in [9.17, 15) is 29.1 Å². The maximum atomic E-state index is 14.2. The highest BCUT2D eigenvalue weighted by atomic mass is 16.6. The van der Waals surface area contributed by atoms with Crippen molar-refractivity contribution in [3.05, 3.63) is 35.4 Å². The number of amides is 3. The second kappa shape index (κ2) is 10.5. The highest BCUT2D eigenvalue weighted by Gasteiger charge is 2.69. The van der Waals surface area contributed by atoms with E-state index in [1.807, 2.05) is 24.3 Å². The number of nitrogens with one attached hydrogen (secondary N) is 2. The molecule has 1 aromatic rings. The third-order valence-electron chi connectivity index (χ3n) is 9.31. The topological polar surface area (TPSA) is 142 Å². The van der Waals surface area contributed by atoms with E-state index in [-0.39, 0.29) is 47.5 Å². The van der Waals surface area contributed by atoms with Crippen molar-refractivity contribution >= 4 is 29.7 Å². The summed E-state index contributed by atoms with van der Waals surface area (Å²) in [6.45, 7) is 7.92. The van der Waals surface area contributed by atoms with E-state index in [1.54, 1.807) is 18.7 Å². The second-order valence-electron chi connectivity index (χ2n) is 12.8. The van der Waals surface area contributed by atoms with E-state index >= 15 is 0 Å². The standard InChI is InChI=1S/C30H39N3O7/c1-15(2)40-29(39)32-23(19-12-17-7-5-6-8-18(17)13-19)27(36)33-14-20-22(30(20,3)4)24(33)26(35)31-21(11-16-9-10-16)25(34)28(37)38/h5-8,15-16,19-24H,9-14H2,1-4H3,(H,31,35)(H,32,39)(H,37,38). The summed E-state index contributed by atoms with van der Waals surface area (Å²) >= 11 is 0. The number of fused-ring (bicyclic) bond motifs is 2. The number of ether oxygens (including phenoxy) is 1. The van der Waals surface area contributed by atoms with Crippen LogP contribution in [0.4, 0.5) is 4.79 Å². The van der Waals surface area contributed by atoms with Crippen molar-refractivity contribution in [2.75, 3.05) is 6.54 Å². The van der Waals surface area contributed by atoms with Crippen LogP contribution in [0, 0.1) is 29.1 Å². The molecule has 1 aliphatic heterocycles. The predicted molar refractivity (Wildman–Crippen MR) is 144 cm³/mol. The number of ketones is 1. The Hall–Kier alpha value is -3.43. The number of piperidine rings is 1. The van der Waals surface area contributed by atoms with Gasteiger partial charge in [-0.3, -0.25) is 14.4 Å². The Bertz CT molecular complexity index is 1200. The van der Waals surface area contributed by atoms with Crippen LogP contribution in [0.2, 0.25) is 0 Å². The smallest absolute Gasteiger partial charge is 0.408 e. The van der Waals surface area contributed by atoms with Crippen LogP contribution < -0.4 is 10.6 Å². The number of likely N-dealkylation sites (tertiary alicyclic amines) is 1. The molecule has 10 nitrogen and oxygen atoms in total. The minimum atomic E-state index is -1.58. The van der Waals surface area contributed by atoms with Crippen molar-refractivity contribution in [2.45, 2.75) is 84.0 Å². The molecular formula is C30H39N3O7. The minimum Gasteiger partial charge on any atom is -0.475 e. The van der Waals surface area contributed by atoms with E-state index < -0.39 is 41.9 Å². The van der Waals surface area contributed by atoms with Crippen LogP contribution in [0.15, 0.2) is 24.3 Å². The molecule has 3 amide bonds. The van der Waals surface area contributed by atoms with Crippen LogP contribution in [0.25, 0.3) is 0 Å². The molecule has 3 N–H and O–H groups in total. The number of nitrogens with zero attached hydrogens (tertiary/aromatic N) is 1. The van der Waals surface area contributed by atoms with Crippen LogP contribution in [0.5, 0.6) is 0 Å². The quantitative estimate of drug-likeness (QED) is 0.378. The van der Waals surface area contributed by atoms with E-state index in [0.29, 0.717) is 19.4 Å². The maximum absolute atomic E-state index is 14.2. The zero-order chi connectivity index (χ0) is 28.9. The molecule has 3 fully saturated rings. The van der Waals surface area contributed by atoms with Crippen molar-refractivity contribution in [1.82, 2.24) is 15.5 Å². The highest BCUT2D eigenvalue weighted by Crippen LogP contribution is 2.65. The molecule has 2 saturated carbocycles. The molecule has 216 valence electrons. The molecule has 1 saturated heterocycles. The fraction of sp³-hybridized carbons (Fsp3) is 0.633. The molecular weight excluding hydrogens is 514 g/mol. The lowest BCUT2D eigenvalue weighted by Crippen LogP contribution is -2.59. The summed E-state index contributed by atoms with van der Waals surface area (Å²) in [7, 11) is 0. The molecule has 0 radical (unpaired) electrons. The normalized spacial score (nSPS) is 25.9. The molecule has 0 spiro atoms. The Morgan fingerprint density at radius 3 is 2.23 bits per heavy atom. The van der Waals surface area contributed by atoms with Gasteiger partial charge in [-0.2, -0.15) is 0 Å². The summed E-state index contributed by atoms with van der Waals surface area (Å²) in [5.74, 6) is -3.52. The largest absolute Gasteiger partial charge is 0.475 e. The van der Waals surface area contributed by atoms with Crippen molar-refractivity contribution in [3.8, 4) is 0 Å². The van der Waals surface area contributed by atoms with Gasteiger partial charge in [-0.15, -0.1) is 0 Å². The summed E-state index contributed by atoms with van der Waals surface area (Å²) in [6.07, 6.45) is 2.23. The molecule has 4 aliphatic rings. The van der Waals surface area contributed by atoms with Crippen molar-refractivity contribution < 1.29 is 33.8 Å². The van der Waals surface area contributed by atoms with Gasteiger partial charge in [0.1, 0.15) is 12.1 Å². The lowest BCUT2D eigenvalue weighted by molar-refractivity contribution is -0.151. The number of rotatable bonds is 10. The van der Waals surface area contributed by atoms with Gasteiger partial charge in [0.2, 0.25) is 11.8 Å². The SMILES string of the molecule is CC(C)OC(=O)NC(C(=O)N1CC2C(C1C(=O)NC(CC1CC1)C(=O)C(=O)O)C2(C)C)C1Cc2ccccc2C1. The number of hydrogen-bond donors (Lipinski definition) is 3. The van der Waals surface area contributed by atoms with Gasteiger partial charge < -0.3 is 25.4 Å². The van der Waals surface area contributed by atoms with Gasteiger partial charge in [0.05, 0.1) is 12.1 Å². The molecule has 5 atom stereocenters. The molecule has 0 bridgehead atoms.